The number of amides is 1. The minimum Gasteiger partial charge on any atom is -0.497 e. The lowest BCUT2D eigenvalue weighted by atomic mass is 10.2. The highest BCUT2D eigenvalue weighted by atomic mass is 79.9. The summed E-state index contributed by atoms with van der Waals surface area (Å²) in [7, 11) is 5.59. The predicted octanol–water partition coefficient (Wildman–Crippen LogP) is 4.42. The first kappa shape index (κ1) is 18.5. The highest BCUT2D eigenvalue weighted by Gasteiger charge is 2.23. The normalized spacial score (nSPS) is 16.8. The Balaban J connectivity index is 1.79. The Kier molecular flexibility index (Phi) is 5.68. The fraction of sp³-hybridized carbons (Fsp3) is 0.158. The Morgan fingerprint density at radius 2 is 1.92 bits per heavy atom. The molecule has 0 bridgehead atoms. The second-order valence-corrected chi connectivity index (χ2v) is 7.67. The van der Waals surface area contributed by atoms with Crippen molar-refractivity contribution in [3.05, 3.63) is 57.4 Å². The van der Waals surface area contributed by atoms with Gasteiger partial charge >= 0.3 is 0 Å². The number of anilines is 1. The summed E-state index contributed by atoms with van der Waals surface area (Å²) in [5.41, 5.74) is 2.79. The molecule has 134 valence electrons. The van der Waals surface area contributed by atoms with Gasteiger partial charge < -0.3 is 15.0 Å². The number of rotatable bonds is 4. The van der Waals surface area contributed by atoms with Crippen LogP contribution in [0.25, 0.3) is 6.08 Å². The lowest BCUT2D eigenvalue weighted by molar-refractivity contribution is -0.115. The minimum absolute atomic E-state index is 0.143. The van der Waals surface area contributed by atoms with E-state index in [9.17, 15) is 4.79 Å². The highest BCUT2D eigenvalue weighted by Crippen LogP contribution is 2.31. The molecular weight excluding hydrogens is 414 g/mol. The van der Waals surface area contributed by atoms with Crippen LogP contribution in [-0.2, 0) is 4.79 Å². The third-order valence-corrected chi connectivity index (χ3v) is 5.25. The van der Waals surface area contributed by atoms with Gasteiger partial charge in [-0.1, -0.05) is 6.07 Å². The van der Waals surface area contributed by atoms with E-state index in [-0.39, 0.29) is 5.91 Å². The average molecular weight is 432 g/mol. The lowest BCUT2D eigenvalue weighted by Crippen LogP contribution is -2.19. The molecule has 26 heavy (non-hydrogen) atoms. The van der Waals surface area contributed by atoms with Crippen LogP contribution < -0.4 is 15.0 Å². The van der Waals surface area contributed by atoms with Crippen molar-refractivity contribution in [3.8, 4) is 5.75 Å². The van der Waals surface area contributed by atoms with Gasteiger partial charge in [-0.05, 0) is 75.7 Å². The Bertz CT molecular complexity index is 892. The number of amidine groups is 1. The molecule has 7 heteroatoms. The van der Waals surface area contributed by atoms with Crippen molar-refractivity contribution in [1.82, 2.24) is 5.32 Å². The summed E-state index contributed by atoms with van der Waals surface area (Å²) < 4.78 is 6.11. The smallest absolute Gasteiger partial charge is 0.264 e. The van der Waals surface area contributed by atoms with Gasteiger partial charge in [-0.15, -0.1) is 0 Å². The first-order valence-electron chi connectivity index (χ1n) is 7.87. The van der Waals surface area contributed by atoms with Gasteiger partial charge in [0, 0.05) is 18.6 Å². The number of carbonyl (C=O) groups excluding carboxylic acids is 1. The molecule has 0 saturated carbocycles. The van der Waals surface area contributed by atoms with Crippen molar-refractivity contribution in [2.75, 3.05) is 26.1 Å². The fourth-order valence-electron chi connectivity index (χ4n) is 2.38. The summed E-state index contributed by atoms with van der Waals surface area (Å²) in [6.45, 7) is 0. The minimum atomic E-state index is -0.143. The SMILES string of the molecule is COc1ccc(N=C2NC(=O)C(=Cc3ccc(N(C)C)c(Br)c3)S2)cc1. The van der Waals surface area contributed by atoms with E-state index < -0.39 is 0 Å². The van der Waals surface area contributed by atoms with Crippen molar-refractivity contribution in [2.24, 2.45) is 4.99 Å². The molecule has 3 rings (SSSR count). The molecule has 1 fully saturated rings. The third kappa shape index (κ3) is 4.28. The van der Waals surface area contributed by atoms with E-state index in [0.717, 1.165) is 27.2 Å². The van der Waals surface area contributed by atoms with Gasteiger partial charge in [0.2, 0.25) is 0 Å². The number of hydrogen-bond donors (Lipinski definition) is 1. The summed E-state index contributed by atoms with van der Waals surface area (Å²) in [6.07, 6.45) is 1.86. The molecule has 2 aromatic carbocycles. The summed E-state index contributed by atoms with van der Waals surface area (Å²) in [6, 6.07) is 13.4. The molecule has 2 aromatic rings. The molecule has 1 N–H and O–H groups in total. The number of methoxy groups -OCH3 is 1. The Hall–Kier alpha value is -2.25. The molecule has 0 radical (unpaired) electrons. The zero-order valence-electron chi connectivity index (χ0n) is 14.6. The summed E-state index contributed by atoms with van der Waals surface area (Å²) in [5.74, 6) is 0.625. The van der Waals surface area contributed by atoms with Crippen LogP contribution in [0.3, 0.4) is 0 Å². The van der Waals surface area contributed by atoms with Crippen molar-refractivity contribution in [3.63, 3.8) is 0 Å². The third-order valence-electron chi connectivity index (χ3n) is 3.71. The van der Waals surface area contributed by atoms with Gasteiger partial charge in [0.05, 0.1) is 23.4 Å². The van der Waals surface area contributed by atoms with Gasteiger partial charge in [-0.3, -0.25) is 4.79 Å². The molecule has 0 unspecified atom stereocenters. The quantitative estimate of drug-likeness (QED) is 0.728. The van der Waals surface area contributed by atoms with E-state index in [1.165, 1.54) is 11.8 Å². The number of aliphatic imine (C=N–C) groups is 1. The van der Waals surface area contributed by atoms with E-state index in [1.807, 2.05) is 67.5 Å². The van der Waals surface area contributed by atoms with Crippen LogP contribution in [0.5, 0.6) is 5.75 Å². The average Bonchev–Trinajstić information content (AvgIpc) is 2.94. The molecule has 1 heterocycles. The van der Waals surface area contributed by atoms with Gasteiger partial charge in [0.1, 0.15) is 5.75 Å². The number of ether oxygens (including phenoxy) is 1. The Labute approximate surface area is 165 Å². The van der Waals surface area contributed by atoms with Crippen LogP contribution in [0, 0.1) is 0 Å². The van der Waals surface area contributed by atoms with E-state index in [1.54, 1.807) is 7.11 Å². The highest BCUT2D eigenvalue weighted by molar-refractivity contribution is 9.10. The zero-order chi connectivity index (χ0) is 18.7. The van der Waals surface area contributed by atoms with Crippen LogP contribution in [0.15, 0.2) is 56.8 Å². The maximum atomic E-state index is 12.2. The fourth-order valence-corrected chi connectivity index (χ4v) is 3.97. The first-order valence-corrected chi connectivity index (χ1v) is 9.48. The number of nitrogens with one attached hydrogen (secondary N) is 1. The number of halogens is 1. The van der Waals surface area contributed by atoms with Crippen molar-refractivity contribution in [1.29, 1.82) is 0 Å². The summed E-state index contributed by atoms with van der Waals surface area (Å²) in [4.78, 5) is 19.3. The number of thioether (sulfide) groups is 1. The molecule has 5 nitrogen and oxygen atoms in total. The van der Waals surface area contributed by atoms with Crippen LogP contribution in [0.1, 0.15) is 5.56 Å². The van der Waals surface area contributed by atoms with Gasteiger partial charge in [0.15, 0.2) is 5.17 Å². The van der Waals surface area contributed by atoms with E-state index in [0.29, 0.717) is 10.1 Å². The number of carbonyl (C=O) groups is 1. The lowest BCUT2D eigenvalue weighted by Gasteiger charge is -2.14. The molecule has 1 aliphatic heterocycles. The maximum absolute atomic E-state index is 12.2. The van der Waals surface area contributed by atoms with Gasteiger partial charge in [0.25, 0.3) is 5.91 Å². The molecule has 0 aromatic heterocycles. The first-order chi connectivity index (χ1) is 12.5. The van der Waals surface area contributed by atoms with Crippen molar-refractivity contribution in [2.45, 2.75) is 0 Å². The van der Waals surface area contributed by atoms with Gasteiger partial charge in [-0.25, -0.2) is 4.99 Å². The van der Waals surface area contributed by atoms with E-state index >= 15 is 0 Å². The summed E-state index contributed by atoms with van der Waals surface area (Å²) in [5, 5.41) is 3.37. The van der Waals surface area contributed by atoms with Crippen molar-refractivity contribution >= 4 is 56.2 Å². The zero-order valence-corrected chi connectivity index (χ0v) is 17.0. The molecule has 1 saturated heterocycles. The topological polar surface area (TPSA) is 53.9 Å². The molecule has 0 atom stereocenters. The van der Waals surface area contributed by atoms with Crippen LogP contribution in [0.4, 0.5) is 11.4 Å². The molecule has 0 aliphatic carbocycles. The number of nitrogens with zero attached hydrogens (tertiary/aromatic N) is 2. The predicted molar refractivity (Wildman–Crippen MR) is 112 cm³/mol. The van der Waals surface area contributed by atoms with E-state index in [4.69, 9.17) is 4.74 Å². The van der Waals surface area contributed by atoms with Gasteiger partial charge in [-0.2, -0.15) is 0 Å². The number of hydrogen-bond acceptors (Lipinski definition) is 5. The van der Waals surface area contributed by atoms with Crippen LogP contribution >= 0.6 is 27.7 Å². The Morgan fingerprint density at radius 3 is 2.54 bits per heavy atom. The monoisotopic (exact) mass is 431 g/mol. The molecule has 1 amide bonds. The second kappa shape index (κ2) is 7.97. The molecule has 1 aliphatic rings. The maximum Gasteiger partial charge on any atom is 0.264 e. The van der Waals surface area contributed by atoms with Crippen LogP contribution in [-0.4, -0.2) is 32.3 Å². The number of benzene rings is 2. The van der Waals surface area contributed by atoms with E-state index in [2.05, 4.69) is 26.2 Å². The largest absolute Gasteiger partial charge is 0.497 e. The van der Waals surface area contributed by atoms with Crippen molar-refractivity contribution < 1.29 is 9.53 Å². The second-order valence-electron chi connectivity index (χ2n) is 5.79. The molecular formula is C19H18BrN3O2S. The molecule has 0 spiro atoms. The standard InChI is InChI=1S/C19H18BrN3O2S/c1-23(2)16-9-4-12(10-15(16)20)11-17-18(24)22-19(26-17)21-13-5-7-14(25-3)8-6-13/h4-11H,1-3H3,(H,21,22,24). The Morgan fingerprint density at radius 1 is 1.19 bits per heavy atom. The van der Waals surface area contributed by atoms with Crippen LogP contribution in [0.2, 0.25) is 0 Å². The summed E-state index contributed by atoms with van der Waals surface area (Å²) >= 11 is 4.90.